The zero-order valence-corrected chi connectivity index (χ0v) is 11.4. The van der Waals surface area contributed by atoms with E-state index >= 15 is 0 Å². The van der Waals surface area contributed by atoms with Crippen molar-refractivity contribution in [1.82, 2.24) is 4.90 Å². The van der Waals surface area contributed by atoms with Crippen molar-refractivity contribution in [3.63, 3.8) is 0 Å². The van der Waals surface area contributed by atoms with Crippen LogP contribution in [0.4, 0.5) is 0 Å². The maximum atomic E-state index is 12.2. The molecule has 1 heterocycles. The van der Waals surface area contributed by atoms with E-state index in [2.05, 4.69) is 0 Å². The van der Waals surface area contributed by atoms with Gasteiger partial charge in [0.05, 0.1) is 0 Å². The van der Waals surface area contributed by atoms with Crippen molar-refractivity contribution in [1.29, 1.82) is 0 Å². The fourth-order valence-electron chi connectivity index (χ4n) is 3.24. The van der Waals surface area contributed by atoms with Gasteiger partial charge in [-0.15, -0.1) is 0 Å². The Kier molecular flexibility index (Phi) is 4.38. The number of hydrogen-bond donors (Lipinski definition) is 0. The molecule has 2 fully saturated rings. The minimum Gasteiger partial charge on any atom is -0.372 e. The van der Waals surface area contributed by atoms with Crippen LogP contribution in [0, 0.1) is 5.92 Å². The highest BCUT2D eigenvalue weighted by atomic mass is 16.5. The van der Waals surface area contributed by atoms with Crippen LogP contribution in [0.2, 0.25) is 0 Å². The fourth-order valence-corrected chi connectivity index (χ4v) is 3.24. The van der Waals surface area contributed by atoms with Gasteiger partial charge in [-0.25, -0.2) is 0 Å². The van der Waals surface area contributed by atoms with E-state index in [1.165, 1.54) is 0 Å². The summed E-state index contributed by atoms with van der Waals surface area (Å²) >= 11 is 0. The second-order valence-electron chi connectivity index (χ2n) is 5.44. The lowest BCUT2D eigenvalue weighted by atomic mass is 9.81. The van der Waals surface area contributed by atoms with Crippen LogP contribution >= 0.6 is 0 Å². The first kappa shape index (κ1) is 13.5. The minimum absolute atomic E-state index is 0.0402. The molecular formula is C14H23NO3. The first-order chi connectivity index (χ1) is 8.65. The van der Waals surface area contributed by atoms with Crippen LogP contribution < -0.4 is 0 Å². The molecule has 0 aromatic rings. The number of nitrogens with zero attached hydrogens (tertiary/aromatic N) is 1. The number of ether oxygens (including phenoxy) is 1. The third kappa shape index (κ3) is 2.58. The summed E-state index contributed by atoms with van der Waals surface area (Å²) in [6.07, 6.45) is 5.37. The van der Waals surface area contributed by atoms with Gasteiger partial charge in [-0.3, -0.25) is 9.59 Å². The first-order valence-corrected chi connectivity index (χ1v) is 7.01. The van der Waals surface area contributed by atoms with E-state index in [9.17, 15) is 9.59 Å². The van der Waals surface area contributed by atoms with Gasteiger partial charge in [-0.05, 0) is 32.6 Å². The molecule has 4 nitrogen and oxygen atoms in total. The molecule has 18 heavy (non-hydrogen) atoms. The van der Waals surface area contributed by atoms with Gasteiger partial charge in [0, 0.05) is 32.0 Å². The van der Waals surface area contributed by atoms with Crippen molar-refractivity contribution in [2.75, 3.05) is 13.7 Å². The van der Waals surface area contributed by atoms with Gasteiger partial charge >= 0.3 is 0 Å². The van der Waals surface area contributed by atoms with Crippen molar-refractivity contribution >= 4 is 11.7 Å². The summed E-state index contributed by atoms with van der Waals surface area (Å²) in [5.41, 5.74) is 0. The molecule has 1 saturated carbocycles. The van der Waals surface area contributed by atoms with Crippen molar-refractivity contribution in [3.8, 4) is 0 Å². The fraction of sp³-hybridized carbons (Fsp3) is 0.857. The molecule has 102 valence electrons. The van der Waals surface area contributed by atoms with Crippen LogP contribution in [0.3, 0.4) is 0 Å². The number of hydrogen-bond acceptors (Lipinski definition) is 3. The van der Waals surface area contributed by atoms with E-state index < -0.39 is 6.10 Å². The SMILES string of the molecule is COC(C)C(=O)N1CCCC1C1CCCCC1=O. The number of Topliss-reactive ketones (excluding diaryl/α,β-unsaturated/α-hetero) is 1. The van der Waals surface area contributed by atoms with Gasteiger partial charge in [-0.2, -0.15) is 0 Å². The molecule has 0 aromatic carbocycles. The minimum atomic E-state index is -0.399. The summed E-state index contributed by atoms with van der Waals surface area (Å²) in [7, 11) is 1.55. The molecule has 2 rings (SSSR count). The van der Waals surface area contributed by atoms with Gasteiger partial charge in [0.2, 0.25) is 0 Å². The van der Waals surface area contributed by atoms with Gasteiger partial charge < -0.3 is 9.64 Å². The Balaban J connectivity index is 2.07. The number of carbonyl (C=O) groups is 2. The van der Waals surface area contributed by atoms with Crippen LogP contribution in [-0.2, 0) is 14.3 Å². The number of rotatable bonds is 3. The Bertz CT molecular complexity index is 329. The standard InChI is InChI=1S/C14H23NO3/c1-10(18-2)14(17)15-9-5-7-12(15)11-6-3-4-8-13(11)16/h10-12H,3-9H2,1-2H3. The van der Waals surface area contributed by atoms with E-state index in [0.29, 0.717) is 12.2 Å². The smallest absolute Gasteiger partial charge is 0.251 e. The summed E-state index contributed by atoms with van der Waals surface area (Å²) in [5.74, 6) is 0.476. The molecule has 1 amide bonds. The van der Waals surface area contributed by atoms with Crippen LogP contribution in [-0.4, -0.2) is 42.4 Å². The largest absolute Gasteiger partial charge is 0.372 e. The van der Waals surface area contributed by atoms with Gasteiger partial charge in [0.1, 0.15) is 11.9 Å². The molecule has 3 atom stereocenters. The molecule has 0 aromatic heterocycles. The number of carbonyl (C=O) groups excluding carboxylic acids is 2. The highest BCUT2D eigenvalue weighted by molar-refractivity contribution is 5.85. The number of amides is 1. The molecule has 0 N–H and O–H groups in total. The summed E-state index contributed by atoms with van der Waals surface area (Å²) in [6, 6.07) is 0.128. The molecule has 3 unspecified atom stereocenters. The molecule has 2 aliphatic rings. The Morgan fingerprint density at radius 3 is 2.78 bits per heavy atom. The first-order valence-electron chi connectivity index (χ1n) is 7.01. The van der Waals surface area contributed by atoms with Crippen molar-refractivity contribution in [2.45, 2.75) is 57.6 Å². The maximum Gasteiger partial charge on any atom is 0.251 e. The van der Waals surface area contributed by atoms with Crippen LogP contribution in [0.1, 0.15) is 45.4 Å². The molecule has 1 aliphatic carbocycles. The van der Waals surface area contributed by atoms with Gasteiger partial charge in [-0.1, -0.05) is 6.42 Å². The Morgan fingerprint density at radius 1 is 1.33 bits per heavy atom. The predicted octanol–water partition coefficient (Wildman–Crippen LogP) is 1.77. The van der Waals surface area contributed by atoms with E-state index in [1.807, 2.05) is 4.90 Å². The van der Waals surface area contributed by atoms with Crippen LogP contribution in [0.25, 0.3) is 0 Å². The molecule has 1 saturated heterocycles. The lowest BCUT2D eigenvalue weighted by Gasteiger charge is -2.34. The topological polar surface area (TPSA) is 46.6 Å². The summed E-state index contributed by atoms with van der Waals surface area (Å²) in [4.78, 5) is 26.1. The highest BCUT2D eigenvalue weighted by Crippen LogP contribution is 2.32. The third-order valence-corrected chi connectivity index (χ3v) is 4.35. The number of methoxy groups -OCH3 is 1. The molecular weight excluding hydrogens is 230 g/mol. The Hall–Kier alpha value is -0.900. The molecule has 0 spiro atoms. The summed E-state index contributed by atoms with van der Waals surface area (Å²) in [6.45, 7) is 2.56. The van der Waals surface area contributed by atoms with E-state index in [1.54, 1.807) is 14.0 Å². The monoisotopic (exact) mass is 253 g/mol. The molecule has 1 aliphatic heterocycles. The third-order valence-electron chi connectivity index (χ3n) is 4.35. The highest BCUT2D eigenvalue weighted by Gasteiger charge is 2.39. The summed E-state index contributed by atoms with van der Waals surface area (Å²) < 4.78 is 5.11. The maximum absolute atomic E-state index is 12.2. The molecule has 0 bridgehead atoms. The lowest BCUT2D eigenvalue weighted by molar-refractivity contribution is -0.144. The summed E-state index contributed by atoms with van der Waals surface area (Å²) in [5, 5.41) is 0. The lowest BCUT2D eigenvalue weighted by Crippen LogP contribution is -2.47. The normalized spacial score (nSPS) is 30.6. The zero-order chi connectivity index (χ0) is 13.1. The van der Waals surface area contributed by atoms with Crippen molar-refractivity contribution < 1.29 is 14.3 Å². The van der Waals surface area contributed by atoms with E-state index in [4.69, 9.17) is 4.74 Å². The number of ketones is 1. The molecule has 4 heteroatoms. The van der Waals surface area contributed by atoms with E-state index in [-0.39, 0.29) is 17.9 Å². The molecule has 0 radical (unpaired) electrons. The second-order valence-corrected chi connectivity index (χ2v) is 5.44. The van der Waals surface area contributed by atoms with Crippen LogP contribution in [0.15, 0.2) is 0 Å². The van der Waals surface area contributed by atoms with Gasteiger partial charge in [0.25, 0.3) is 5.91 Å². The van der Waals surface area contributed by atoms with E-state index in [0.717, 1.165) is 38.6 Å². The Labute approximate surface area is 109 Å². The van der Waals surface area contributed by atoms with Crippen molar-refractivity contribution in [2.24, 2.45) is 5.92 Å². The Morgan fingerprint density at radius 2 is 2.11 bits per heavy atom. The average Bonchev–Trinajstić information content (AvgIpc) is 2.86. The zero-order valence-electron chi connectivity index (χ0n) is 11.4. The average molecular weight is 253 g/mol. The van der Waals surface area contributed by atoms with Gasteiger partial charge in [0.15, 0.2) is 0 Å². The second kappa shape index (κ2) is 5.83. The number of likely N-dealkylation sites (tertiary alicyclic amines) is 1. The quantitative estimate of drug-likeness (QED) is 0.770. The predicted molar refractivity (Wildman–Crippen MR) is 68.2 cm³/mol. The van der Waals surface area contributed by atoms with Crippen LogP contribution in [0.5, 0.6) is 0 Å². The van der Waals surface area contributed by atoms with Crippen molar-refractivity contribution in [3.05, 3.63) is 0 Å².